The molecule has 1 heterocycles. The number of hydrogen-bond acceptors (Lipinski definition) is 5. The molecule has 0 fully saturated rings. The van der Waals surface area contributed by atoms with Crippen molar-refractivity contribution in [2.24, 2.45) is 0 Å². The van der Waals surface area contributed by atoms with E-state index in [2.05, 4.69) is 5.32 Å². The number of ether oxygens (including phenoxy) is 1. The zero-order valence-electron chi connectivity index (χ0n) is 11.6. The van der Waals surface area contributed by atoms with Crippen LogP contribution >= 0.6 is 0 Å². The Kier molecular flexibility index (Phi) is 4.32. The lowest BCUT2D eigenvalue weighted by Crippen LogP contribution is -2.34. The summed E-state index contributed by atoms with van der Waals surface area (Å²) in [5.74, 6) is 1.27. The lowest BCUT2D eigenvalue weighted by molar-refractivity contribution is 0.0340. The molecule has 0 aliphatic rings. The second-order valence-electron chi connectivity index (χ2n) is 4.85. The van der Waals surface area contributed by atoms with Crippen LogP contribution in [0.15, 0.2) is 41.0 Å². The number of furan rings is 1. The monoisotopic (exact) mass is 277 g/mol. The van der Waals surface area contributed by atoms with E-state index in [0.29, 0.717) is 24.6 Å². The average molecular weight is 277 g/mol. The molecule has 0 aliphatic carbocycles. The summed E-state index contributed by atoms with van der Waals surface area (Å²) in [5, 5.41) is 23.2. The van der Waals surface area contributed by atoms with Gasteiger partial charge in [-0.2, -0.15) is 0 Å². The summed E-state index contributed by atoms with van der Waals surface area (Å²) in [6.45, 7) is 2.42. The van der Waals surface area contributed by atoms with Crippen molar-refractivity contribution in [2.45, 2.75) is 19.1 Å². The van der Waals surface area contributed by atoms with Crippen LogP contribution < -0.4 is 10.1 Å². The third kappa shape index (κ3) is 3.31. The van der Waals surface area contributed by atoms with E-state index in [0.717, 1.165) is 5.56 Å². The van der Waals surface area contributed by atoms with Gasteiger partial charge in [0.2, 0.25) is 0 Å². The molecule has 1 aromatic carbocycles. The molecule has 3 N–H and O–H groups in total. The van der Waals surface area contributed by atoms with Gasteiger partial charge in [0, 0.05) is 24.7 Å². The Hall–Kier alpha value is -1.98. The summed E-state index contributed by atoms with van der Waals surface area (Å²) in [5.41, 5.74) is -0.355. The molecular weight excluding hydrogens is 258 g/mol. The quantitative estimate of drug-likeness (QED) is 0.753. The minimum absolute atomic E-state index is 0.162. The van der Waals surface area contributed by atoms with Crippen LogP contribution in [0.3, 0.4) is 0 Å². The first-order chi connectivity index (χ1) is 9.53. The number of phenols is 1. The van der Waals surface area contributed by atoms with Gasteiger partial charge >= 0.3 is 0 Å². The molecule has 0 bridgehead atoms. The molecule has 2 aromatic rings. The summed E-state index contributed by atoms with van der Waals surface area (Å²) in [6, 6.07) is 8.58. The Balaban J connectivity index is 1.93. The molecule has 0 spiro atoms. The van der Waals surface area contributed by atoms with Gasteiger partial charge in [-0.3, -0.25) is 0 Å². The Labute approximate surface area is 117 Å². The van der Waals surface area contributed by atoms with Crippen molar-refractivity contribution in [3.05, 3.63) is 47.9 Å². The van der Waals surface area contributed by atoms with Gasteiger partial charge in [0.25, 0.3) is 0 Å². The predicted octanol–water partition coefficient (Wildman–Crippen LogP) is 1.99. The standard InChI is InChI=1S/C15H19NO4/c1-15(18,14-4-3-7-20-14)10-16-9-11-5-6-12(19-2)8-13(11)17/h3-8,16-18H,9-10H2,1-2H3. The fraction of sp³-hybridized carbons (Fsp3) is 0.333. The van der Waals surface area contributed by atoms with Gasteiger partial charge in [-0.15, -0.1) is 0 Å². The van der Waals surface area contributed by atoms with Crippen LogP contribution in [-0.2, 0) is 12.1 Å². The largest absolute Gasteiger partial charge is 0.507 e. The number of aromatic hydroxyl groups is 1. The first kappa shape index (κ1) is 14.4. The summed E-state index contributed by atoms with van der Waals surface area (Å²) in [4.78, 5) is 0. The second-order valence-corrected chi connectivity index (χ2v) is 4.85. The Bertz CT molecular complexity index is 549. The van der Waals surface area contributed by atoms with E-state index in [4.69, 9.17) is 9.15 Å². The van der Waals surface area contributed by atoms with E-state index >= 15 is 0 Å². The summed E-state index contributed by atoms with van der Waals surface area (Å²) < 4.78 is 10.2. The molecule has 108 valence electrons. The van der Waals surface area contributed by atoms with Gasteiger partial charge < -0.3 is 24.7 Å². The van der Waals surface area contributed by atoms with Crippen molar-refractivity contribution in [2.75, 3.05) is 13.7 Å². The SMILES string of the molecule is COc1ccc(CNCC(C)(O)c2ccco2)c(O)c1. The fourth-order valence-corrected chi connectivity index (χ4v) is 1.93. The number of hydrogen-bond donors (Lipinski definition) is 3. The summed E-state index contributed by atoms with van der Waals surface area (Å²) in [6.07, 6.45) is 1.53. The third-order valence-electron chi connectivity index (χ3n) is 3.13. The molecule has 0 aliphatic heterocycles. The maximum atomic E-state index is 10.3. The lowest BCUT2D eigenvalue weighted by atomic mass is 10.0. The molecule has 1 unspecified atom stereocenters. The first-order valence-electron chi connectivity index (χ1n) is 6.36. The van der Waals surface area contributed by atoms with Crippen molar-refractivity contribution >= 4 is 0 Å². The molecule has 1 aromatic heterocycles. The number of nitrogens with one attached hydrogen (secondary N) is 1. The average Bonchev–Trinajstić information content (AvgIpc) is 2.95. The summed E-state index contributed by atoms with van der Waals surface area (Å²) in [7, 11) is 1.55. The van der Waals surface area contributed by atoms with Crippen LogP contribution in [-0.4, -0.2) is 23.9 Å². The highest BCUT2D eigenvalue weighted by Crippen LogP contribution is 2.24. The van der Waals surface area contributed by atoms with Gasteiger partial charge in [-0.05, 0) is 25.1 Å². The first-order valence-corrected chi connectivity index (χ1v) is 6.36. The van der Waals surface area contributed by atoms with E-state index in [-0.39, 0.29) is 5.75 Å². The van der Waals surface area contributed by atoms with E-state index in [1.54, 1.807) is 44.4 Å². The number of phenolic OH excluding ortho intramolecular Hbond substituents is 1. The zero-order chi connectivity index (χ0) is 14.6. The smallest absolute Gasteiger partial charge is 0.136 e. The Morgan fingerprint density at radius 3 is 2.75 bits per heavy atom. The maximum absolute atomic E-state index is 10.3. The van der Waals surface area contributed by atoms with E-state index < -0.39 is 5.60 Å². The molecular formula is C15H19NO4. The fourth-order valence-electron chi connectivity index (χ4n) is 1.93. The van der Waals surface area contributed by atoms with Gasteiger partial charge in [-0.25, -0.2) is 0 Å². The van der Waals surface area contributed by atoms with Crippen LogP contribution in [0.25, 0.3) is 0 Å². The number of methoxy groups -OCH3 is 1. The molecule has 0 radical (unpaired) electrons. The van der Waals surface area contributed by atoms with Gasteiger partial charge in [0.1, 0.15) is 22.9 Å². The Morgan fingerprint density at radius 1 is 1.35 bits per heavy atom. The van der Waals surface area contributed by atoms with Gasteiger partial charge in [-0.1, -0.05) is 6.07 Å². The molecule has 5 nitrogen and oxygen atoms in total. The minimum Gasteiger partial charge on any atom is -0.507 e. The molecule has 5 heteroatoms. The van der Waals surface area contributed by atoms with Gasteiger partial charge in [0.15, 0.2) is 0 Å². The van der Waals surface area contributed by atoms with Crippen molar-refractivity contribution in [1.29, 1.82) is 0 Å². The zero-order valence-corrected chi connectivity index (χ0v) is 11.6. The molecule has 0 saturated heterocycles. The number of aliphatic hydroxyl groups is 1. The summed E-state index contributed by atoms with van der Waals surface area (Å²) >= 11 is 0. The number of rotatable bonds is 6. The molecule has 1 atom stereocenters. The minimum atomic E-state index is -1.09. The van der Waals surface area contributed by atoms with Crippen molar-refractivity contribution < 1.29 is 19.4 Å². The van der Waals surface area contributed by atoms with E-state index in [1.165, 1.54) is 6.26 Å². The van der Waals surface area contributed by atoms with Crippen LogP contribution in [0.5, 0.6) is 11.5 Å². The highest BCUT2D eigenvalue weighted by molar-refractivity contribution is 5.39. The highest BCUT2D eigenvalue weighted by Gasteiger charge is 2.25. The van der Waals surface area contributed by atoms with Crippen LogP contribution in [0.4, 0.5) is 0 Å². The topological polar surface area (TPSA) is 74.9 Å². The van der Waals surface area contributed by atoms with Crippen LogP contribution in [0.2, 0.25) is 0 Å². The number of benzene rings is 1. The lowest BCUT2D eigenvalue weighted by Gasteiger charge is -2.21. The normalized spacial score (nSPS) is 13.9. The third-order valence-corrected chi connectivity index (χ3v) is 3.13. The molecule has 0 amide bonds. The van der Waals surface area contributed by atoms with Crippen molar-refractivity contribution in [3.8, 4) is 11.5 Å². The molecule has 20 heavy (non-hydrogen) atoms. The molecule has 2 rings (SSSR count). The second kappa shape index (κ2) is 5.98. The van der Waals surface area contributed by atoms with Crippen LogP contribution in [0, 0.1) is 0 Å². The van der Waals surface area contributed by atoms with Crippen LogP contribution in [0.1, 0.15) is 18.2 Å². The highest BCUT2D eigenvalue weighted by atomic mass is 16.5. The molecule has 0 saturated carbocycles. The predicted molar refractivity (Wildman–Crippen MR) is 74.6 cm³/mol. The Morgan fingerprint density at radius 2 is 2.15 bits per heavy atom. The van der Waals surface area contributed by atoms with E-state index in [1.807, 2.05) is 0 Å². The maximum Gasteiger partial charge on any atom is 0.136 e. The van der Waals surface area contributed by atoms with Crippen molar-refractivity contribution in [1.82, 2.24) is 5.32 Å². The van der Waals surface area contributed by atoms with E-state index in [9.17, 15) is 10.2 Å². The van der Waals surface area contributed by atoms with Gasteiger partial charge in [0.05, 0.1) is 13.4 Å². The van der Waals surface area contributed by atoms with Crippen molar-refractivity contribution in [3.63, 3.8) is 0 Å².